The Morgan fingerprint density at radius 2 is 1.15 bits per heavy atom. The van der Waals surface area contributed by atoms with E-state index < -0.39 is 0 Å². The molecular weight excluding hydrogens is 318 g/mol. The van der Waals surface area contributed by atoms with E-state index in [9.17, 15) is 0 Å². The molecule has 0 radical (unpaired) electrons. The van der Waals surface area contributed by atoms with Crippen LogP contribution in [0.4, 0.5) is 0 Å². The van der Waals surface area contributed by atoms with Gasteiger partial charge in [0.05, 0.1) is 0 Å². The lowest BCUT2D eigenvalue weighted by molar-refractivity contribution is 0.216. The van der Waals surface area contributed by atoms with Crippen LogP contribution < -0.4 is 0 Å². The van der Waals surface area contributed by atoms with Crippen LogP contribution in [-0.2, 0) is 13.0 Å². The molecule has 3 heteroatoms. The van der Waals surface area contributed by atoms with E-state index in [1.54, 1.807) is 0 Å². The number of hydrogen-bond donors (Lipinski definition) is 0. The molecule has 1 heterocycles. The zero-order valence-electron chi connectivity index (χ0n) is 17.9. The minimum absolute atomic E-state index is 0.987. The Labute approximate surface area is 162 Å². The van der Waals surface area contributed by atoms with Crippen LogP contribution in [0.25, 0.3) is 0 Å². The highest BCUT2D eigenvalue weighted by molar-refractivity contribution is 5.25. The summed E-state index contributed by atoms with van der Waals surface area (Å²) in [6, 6.07) is 9.11. The van der Waals surface area contributed by atoms with Crippen molar-refractivity contribution >= 4 is 0 Å². The van der Waals surface area contributed by atoms with Gasteiger partial charge in [-0.15, -0.1) is 0 Å². The quantitative estimate of drug-likeness (QED) is 0.702. The van der Waals surface area contributed by atoms with Gasteiger partial charge in [0, 0.05) is 45.8 Å². The van der Waals surface area contributed by atoms with Gasteiger partial charge in [0.25, 0.3) is 0 Å². The smallest absolute Gasteiger partial charge is 0.0234 e. The van der Waals surface area contributed by atoms with Crippen LogP contribution in [0.1, 0.15) is 45.7 Å². The van der Waals surface area contributed by atoms with Gasteiger partial charge in [0.1, 0.15) is 0 Å². The molecule has 1 aromatic rings. The summed E-state index contributed by atoms with van der Waals surface area (Å²) in [5, 5.41) is 0. The lowest BCUT2D eigenvalue weighted by Gasteiger charge is -2.25. The molecule has 1 aliphatic rings. The molecule has 1 saturated heterocycles. The molecular formula is C23H41N3. The van der Waals surface area contributed by atoms with E-state index in [1.165, 1.54) is 56.0 Å². The molecule has 1 aromatic carbocycles. The lowest BCUT2D eigenvalue weighted by Crippen LogP contribution is -2.35. The van der Waals surface area contributed by atoms with Crippen molar-refractivity contribution in [2.24, 2.45) is 0 Å². The number of hydrogen-bond acceptors (Lipinski definition) is 3. The third-order valence-electron chi connectivity index (χ3n) is 5.03. The molecule has 0 amide bonds. The van der Waals surface area contributed by atoms with Gasteiger partial charge < -0.3 is 9.80 Å². The minimum Gasteiger partial charge on any atom is -0.301 e. The average Bonchev–Trinajstić information content (AvgIpc) is 2.75. The fourth-order valence-corrected chi connectivity index (χ4v) is 3.34. The van der Waals surface area contributed by atoms with Gasteiger partial charge in [-0.3, -0.25) is 4.90 Å². The third kappa shape index (κ3) is 8.48. The van der Waals surface area contributed by atoms with Crippen LogP contribution >= 0.6 is 0 Å². The van der Waals surface area contributed by atoms with Gasteiger partial charge in [-0.2, -0.15) is 0 Å². The maximum Gasteiger partial charge on any atom is 0.0234 e. The van der Waals surface area contributed by atoms with Crippen molar-refractivity contribution < 1.29 is 0 Å². The predicted molar refractivity (Wildman–Crippen MR) is 116 cm³/mol. The van der Waals surface area contributed by atoms with Crippen molar-refractivity contribution in [1.29, 1.82) is 0 Å². The molecule has 2 rings (SSSR count). The molecule has 0 saturated carbocycles. The Morgan fingerprint density at radius 1 is 0.769 bits per heavy atom. The summed E-state index contributed by atoms with van der Waals surface area (Å²) in [5.74, 6) is 0. The van der Waals surface area contributed by atoms with Crippen molar-refractivity contribution in [2.75, 3.05) is 52.4 Å². The first-order valence-corrected chi connectivity index (χ1v) is 10.5. The fourth-order valence-electron chi connectivity index (χ4n) is 3.34. The standard InChI is InChI=1S/C21H35N3.C2H6/c1-5-22-11-12-23(6-2)14-16-24(15-13-22)18-21-9-7-20(8-10-21)17-19(3)4;1-2/h7-10H,3,5-6,11-18H2,1-2,4H3;1-2H3. The van der Waals surface area contributed by atoms with Crippen molar-refractivity contribution in [3.05, 3.63) is 47.5 Å². The molecule has 3 nitrogen and oxygen atoms in total. The second-order valence-electron chi connectivity index (χ2n) is 7.10. The maximum absolute atomic E-state index is 4.01. The van der Waals surface area contributed by atoms with Gasteiger partial charge in [0.2, 0.25) is 0 Å². The van der Waals surface area contributed by atoms with E-state index >= 15 is 0 Å². The van der Waals surface area contributed by atoms with Crippen LogP contribution in [0.2, 0.25) is 0 Å². The molecule has 0 N–H and O–H groups in total. The highest BCUT2D eigenvalue weighted by atomic mass is 15.3. The van der Waals surface area contributed by atoms with Crippen molar-refractivity contribution in [3.63, 3.8) is 0 Å². The van der Waals surface area contributed by atoms with Crippen molar-refractivity contribution in [3.8, 4) is 0 Å². The largest absolute Gasteiger partial charge is 0.301 e. The number of likely N-dealkylation sites (N-methyl/N-ethyl adjacent to an activating group) is 2. The second-order valence-corrected chi connectivity index (χ2v) is 7.10. The zero-order chi connectivity index (χ0) is 19.4. The van der Waals surface area contributed by atoms with Crippen LogP contribution in [0.3, 0.4) is 0 Å². The van der Waals surface area contributed by atoms with Crippen molar-refractivity contribution in [2.45, 2.75) is 47.6 Å². The van der Waals surface area contributed by atoms with E-state index in [0.717, 1.165) is 26.1 Å². The second kappa shape index (κ2) is 13.1. The molecule has 0 aliphatic carbocycles. The van der Waals surface area contributed by atoms with Crippen LogP contribution in [0, 0.1) is 0 Å². The van der Waals surface area contributed by atoms with Crippen LogP contribution in [-0.4, -0.2) is 67.1 Å². The topological polar surface area (TPSA) is 9.72 Å². The number of benzene rings is 1. The predicted octanol–water partition coefficient (Wildman–Crippen LogP) is 4.29. The number of rotatable bonds is 6. The molecule has 1 fully saturated rings. The molecule has 0 aromatic heterocycles. The fraction of sp³-hybridized carbons (Fsp3) is 0.652. The number of allylic oxidation sites excluding steroid dienone is 1. The third-order valence-corrected chi connectivity index (χ3v) is 5.03. The van der Waals surface area contributed by atoms with E-state index in [0.29, 0.717) is 0 Å². The summed E-state index contributed by atoms with van der Waals surface area (Å²) >= 11 is 0. The summed E-state index contributed by atoms with van der Waals surface area (Å²) in [7, 11) is 0. The number of nitrogens with zero attached hydrogens (tertiary/aromatic N) is 3. The van der Waals surface area contributed by atoms with Crippen LogP contribution in [0.5, 0.6) is 0 Å². The van der Waals surface area contributed by atoms with E-state index in [2.05, 4.69) is 66.3 Å². The summed E-state index contributed by atoms with van der Waals surface area (Å²) in [6.07, 6.45) is 0.987. The first-order valence-electron chi connectivity index (χ1n) is 10.5. The molecule has 148 valence electrons. The van der Waals surface area contributed by atoms with Gasteiger partial charge in [-0.05, 0) is 37.6 Å². The summed E-state index contributed by atoms with van der Waals surface area (Å²) in [4.78, 5) is 7.78. The maximum atomic E-state index is 4.01. The summed E-state index contributed by atoms with van der Waals surface area (Å²) in [6.45, 7) is 25.1. The summed E-state index contributed by atoms with van der Waals surface area (Å²) < 4.78 is 0. The Balaban J connectivity index is 0.00000163. The van der Waals surface area contributed by atoms with Crippen LogP contribution in [0.15, 0.2) is 36.4 Å². The molecule has 0 spiro atoms. The lowest BCUT2D eigenvalue weighted by atomic mass is 10.1. The zero-order valence-corrected chi connectivity index (χ0v) is 17.9. The van der Waals surface area contributed by atoms with Gasteiger partial charge in [-0.25, -0.2) is 0 Å². The van der Waals surface area contributed by atoms with Gasteiger partial charge in [-0.1, -0.05) is 64.1 Å². The highest BCUT2D eigenvalue weighted by Crippen LogP contribution is 2.11. The van der Waals surface area contributed by atoms with Crippen molar-refractivity contribution in [1.82, 2.24) is 14.7 Å². The first-order chi connectivity index (χ1) is 12.6. The van der Waals surface area contributed by atoms with E-state index in [1.807, 2.05) is 13.8 Å². The first kappa shape index (κ1) is 22.9. The van der Waals surface area contributed by atoms with Gasteiger partial charge >= 0.3 is 0 Å². The van der Waals surface area contributed by atoms with Gasteiger partial charge in [0.15, 0.2) is 0 Å². The molecule has 26 heavy (non-hydrogen) atoms. The Kier molecular flexibility index (Phi) is 11.5. The molecule has 1 aliphatic heterocycles. The van der Waals surface area contributed by atoms with E-state index in [-0.39, 0.29) is 0 Å². The Hall–Kier alpha value is -1.16. The Bertz CT molecular complexity index is 479. The summed E-state index contributed by atoms with van der Waals surface area (Å²) in [5.41, 5.74) is 4.01. The molecule has 0 atom stereocenters. The van der Waals surface area contributed by atoms with E-state index in [4.69, 9.17) is 0 Å². The highest BCUT2D eigenvalue weighted by Gasteiger charge is 2.14. The normalized spacial score (nSPS) is 17.6. The monoisotopic (exact) mass is 359 g/mol. The SMILES string of the molecule is C=C(C)Cc1ccc(CN2CCN(CC)CCN(CC)CC2)cc1.CC. The minimum atomic E-state index is 0.987. The Morgan fingerprint density at radius 3 is 1.54 bits per heavy atom. The molecule has 0 bridgehead atoms. The molecule has 0 unspecified atom stereocenters. The average molecular weight is 360 g/mol.